The smallest absolute Gasteiger partial charge is 0.126 e. The van der Waals surface area contributed by atoms with Crippen molar-refractivity contribution in [3.8, 4) is 0 Å². The lowest BCUT2D eigenvalue weighted by atomic mass is 9.98. The van der Waals surface area contributed by atoms with Crippen LogP contribution < -0.4 is 5.73 Å². The quantitative estimate of drug-likeness (QED) is 0.673. The van der Waals surface area contributed by atoms with Crippen molar-refractivity contribution in [2.24, 2.45) is 0 Å². The van der Waals surface area contributed by atoms with E-state index in [1.165, 1.54) is 6.07 Å². The Kier molecular flexibility index (Phi) is 2.69. The van der Waals surface area contributed by atoms with Gasteiger partial charge in [0, 0.05) is 5.69 Å². The number of nitrogens with two attached hydrogens (primary N) is 1. The van der Waals surface area contributed by atoms with Crippen LogP contribution in [-0.2, 0) is 0 Å². The Morgan fingerprint density at radius 2 is 2.17 bits per heavy atom. The molecular weight excluding hydrogens is 153 g/mol. The van der Waals surface area contributed by atoms with Gasteiger partial charge in [0.2, 0.25) is 0 Å². The molecule has 0 unspecified atom stereocenters. The van der Waals surface area contributed by atoms with Gasteiger partial charge in [-0.15, -0.1) is 0 Å². The summed E-state index contributed by atoms with van der Waals surface area (Å²) < 4.78 is 13.2. The summed E-state index contributed by atoms with van der Waals surface area (Å²) in [5.74, 6) is 0.0899. The highest BCUT2D eigenvalue weighted by molar-refractivity contribution is 5.42. The maximum absolute atomic E-state index is 13.2. The van der Waals surface area contributed by atoms with Gasteiger partial charge < -0.3 is 5.73 Å². The SMILES string of the molecule is CC[C@H](C)c1cc(N)ccc1F. The van der Waals surface area contributed by atoms with Crippen LogP contribution in [0.3, 0.4) is 0 Å². The van der Waals surface area contributed by atoms with Crippen molar-refractivity contribution in [1.29, 1.82) is 0 Å². The third kappa shape index (κ3) is 1.76. The average Bonchev–Trinajstić information content (AvgIpc) is 2.08. The number of hydrogen-bond acceptors (Lipinski definition) is 1. The minimum Gasteiger partial charge on any atom is -0.399 e. The zero-order valence-corrected chi connectivity index (χ0v) is 7.47. The topological polar surface area (TPSA) is 26.0 Å². The molecule has 0 radical (unpaired) electrons. The first-order valence-corrected chi connectivity index (χ1v) is 4.20. The summed E-state index contributed by atoms with van der Waals surface area (Å²) in [6.45, 7) is 4.03. The molecule has 0 saturated heterocycles. The molecule has 0 amide bonds. The van der Waals surface area contributed by atoms with E-state index < -0.39 is 0 Å². The van der Waals surface area contributed by atoms with Crippen LogP contribution in [0.4, 0.5) is 10.1 Å². The van der Waals surface area contributed by atoms with Crippen molar-refractivity contribution in [3.63, 3.8) is 0 Å². The van der Waals surface area contributed by atoms with Gasteiger partial charge in [-0.3, -0.25) is 0 Å². The van der Waals surface area contributed by atoms with E-state index in [0.29, 0.717) is 5.69 Å². The zero-order chi connectivity index (χ0) is 9.14. The number of hydrogen-bond donors (Lipinski definition) is 1. The van der Waals surface area contributed by atoms with Crippen molar-refractivity contribution in [2.75, 3.05) is 5.73 Å². The van der Waals surface area contributed by atoms with Crippen LogP contribution in [-0.4, -0.2) is 0 Å². The van der Waals surface area contributed by atoms with Crippen LogP contribution in [0.5, 0.6) is 0 Å². The molecule has 1 atom stereocenters. The first kappa shape index (κ1) is 9.04. The summed E-state index contributed by atoms with van der Waals surface area (Å²) in [5.41, 5.74) is 6.90. The third-order valence-corrected chi connectivity index (χ3v) is 2.16. The number of benzene rings is 1. The molecule has 12 heavy (non-hydrogen) atoms. The summed E-state index contributed by atoms with van der Waals surface area (Å²) in [7, 11) is 0. The second-order valence-electron chi connectivity index (χ2n) is 3.09. The second-order valence-corrected chi connectivity index (χ2v) is 3.09. The molecule has 0 bridgehead atoms. The van der Waals surface area contributed by atoms with E-state index in [4.69, 9.17) is 5.73 Å². The van der Waals surface area contributed by atoms with Crippen molar-refractivity contribution < 1.29 is 4.39 Å². The number of rotatable bonds is 2. The van der Waals surface area contributed by atoms with Crippen molar-refractivity contribution >= 4 is 5.69 Å². The van der Waals surface area contributed by atoms with Crippen molar-refractivity contribution in [2.45, 2.75) is 26.2 Å². The lowest BCUT2D eigenvalue weighted by molar-refractivity contribution is 0.584. The van der Waals surface area contributed by atoms with E-state index in [1.54, 1.807) is 12.1 Å². The first-order valence-electron chi connectivity index (χ1n) is 4.20. The standard InChI is InChI=1S/C10H14FN/c1-3-7(2)9-6-8(12)4-5-10(9)11/h4-7H,3,12H2,1-2H3/t7-/m0/s1. The van der Waals surface area contributed by atoms with Gasteiger partial charge in [-0.25, -0.2) is 4.39 Å². The van der Waals surface area contributed by atoms with Gasteiger partial charge in [-0.2, -0.15) is 0 Å². The van der Waals surface area contributed by atoms with Crippen LogP contribution in [0.15, 0.2) is 18.2 Å². The van der Waals surface area contributed by atoms with Gasteiger partial charge in [0.15, 0.2) is 0 Å². The van der Waals surface area contributed by atoms with E-state index in [2.05, 4.69) is 0 Å². The van der Waals surface area contributed by atoms with Crippen LogP contribution in [0.2, 0.25) is 0 Å². The molecule has 1 aromatic carbocycles. The van der Waals surface area contributed by atoms with Gasteiger partial charge in [0.1, 0.15) is 5.82 Å². The maximum Gasteiger partial charge on any atom is 0.126 e. The third-order valence-electron chi connectivity index (χ3n) is 2.16. The largest absolute Gasteiger partial charge is 0.399 e. The van der Waals surface area contributed by atoms with Gasteiger partial charge in [0.05, 0.1) is 0 Å². The Labute approximate surface area is 72.4 Å². The Balaban J connectivity index is 3.04. The molecule has 2 N–H and O–H groups in total. The summed E-state index contributed by atoms with van der Waals surface area (Å²) in [6, 6.07) is 4.72. The van der Waals surface area contributed by atoms with Gasteiger partial charge in [-0.05, 0) is 36.1 Å². The molecule has 1 aromatic rings. The fourth-order valence-corrected chi connectivity index (χ4v) is 1.16. The minimum absolute atomic E-state index is 0.154. The number of anilines is 1. The van der Waals surface area contributed by atoms with E-state index in [9.17, 15) is 4.39 Å². The fraction of sp³-hybridized carbons (Fsp3) is 0.400. The maximum atomic E-state index is 13.2. The van der Waals surface area contributed by atoms with Gasteiger partial charge >= 0.3 is 0 Å². The van der Waals surface area contributed by atoms with Crippen LogP contribution in [0.1, 0.15) is 31.7 Å². The van der Waals surface area contributed by atoms with Crippen LogP contribution in [0.25, 0.3) is 0 Å². The number of nitrogen functional groups attached to an aromatic ring is 1. The minimum atomic E-state index is -0.154. The molecule has 1 nitrogen and oxygen atoms in total. The average molecular weight is 167 g/mol. The lowest BCUT2D eigenvalue weighted by Crippen LogP contribution is -1.97. The Morgan fingerprint density at radius 3 is 2.75 bits per heavy atom. The molecule has 0 spiro atoms. The zero-order valence-electron chi connectivity index (χ0n) is 7.47. The Hall–Kier alpha value is -1.05. The second kappa shape index (κ2) is 3.57. The highest BCUT2D eigenvalue weighted by atomic mass is 19.1. The van der Waals surface area contributed by atoms with E-state index in [0.717, 1.165) is 12.0 Å². The first-order chi connectivity index (χ1) is 5.65. The van der Waals surface area contributed by atoms with E-state index >= 15 is 0 Å². The molecule has 0 saturated carbocycles. The molecule has 1 rings (SSSR count). The fourth-order valence-electron chi connectivity index (χ4n) is 1.16. The normalized spacial score (nSPS) is 12.9. The van der Waals surface area contributed by atoms with Crippen molar-refractivity contribution in [3.05, 3.63) is 29.6 Å². The van der Waals surface area contributed by atoms with Crippen LogP contribution in [0, 0.1) is 5.82 Å². The molecule has 0 aliphatic carbocycles. The van der Waals surface area contributed by atoms with Crippen molar-refractivity contribution in [1.82, 2.24) is 0 Å². The summed E-state index contributed by atoms with van der Waals surface area (Å²) in [6.07, 6.45) is 0.931. The Morgan fingerprint density at radius 1 is 1.50 bits per heavy atom. The molecule has 66 valence electrons. The molecule has 0 aromatic heterocycles. The molecular formula is C10H14FN. The lowest BCUT2D eigenvalue weighted by Gasteiger charge is -2.10. The summed E-state index contributed by atoms with van der Waals surface area (Å²) in [4.78, 5) is 0. The van der Waals surface area contributed by atoms with E-state index in [1.807, 2.05) is 13.8 Å². The van der Waals surface area contributed by atoms with Crippen LogP contribution >= 0.6 is 0 Å². The van der Waals surface area contributed by atoms with E-state index in [-0.39, 0.29) is 11.7 Å². The van der Waals surface area contributed by atoms with Gasteiger partial charge in [0.25, 0.3) is 0 Å². The number of halogens is 1. The highest BCUT2D eigenvalue weighted by Gasteiger charge is 2.08. The molecule has 2 heteroatoms. The summed E-state index contributed by atoms with van der Waals surface area (Å²) in [5, 5.41) is 0. The monoisotopic (exact) mass is 167 g/mol. The highest BCUT2D eigenvalue weighted by Crippen LogP contribution is 2.23. The Bertz CT molecular complexity index is 271. The van der Waals surface area contributed by atoms with Gasteiger partial charge in [-0.1, -0.05) is 13.8 Å². The predicted molar refractivity (Wildman–Crippen MR) is 49.5 cm³/mol. The molecule has 0 aliphatic heterocycles. The molecule has 0 aliphatic rings. The predicted octanol–water partition coefficient (Wildman–Crippen LogP) is 2.92. The molecule has 0 fully saturated rings. The molecule has 0 heterocycles. The summed E-state index contributed by atoms with van der Waals surface area (Å²) >= 11 is 0.